The van der Waals surface area contributed by atoms with Crippen LogP contribution >= 0.6 is 15.9 Å². The van der Waals surface area contributed by atoms with Gasteiger partial charge < -0.3 is 4.74 Å². The van der Waals surface area contributed by atoms with Crippen LogP contribution in [0.25, 0.3) is 11.1 Å². The first-order valence-electron chi connectivity index (χ1n) is 5.45. The molecule has 0 atom stereocenters. The summed E-state index contributed by atoms with van der Waals surface area (Å²) < 4.78 is 32.1. The summed E-state index contributed by atoms with van der Waals surface area (Å²) in [4.78, 5) is 0. The minimum absolute atomic E-state index is 0.252. The number of rotatable bonds is 4. The third-order valence-electron chi connectivity index (χ3n) is 2.46. The predicted molar refractivity (Wildman–Crippen MR) is 71.1 cm³/mol. The van der Waals surface area contributed by atoms with Gasteiger partial charge in [0.05, 0.1) is 6.61 Å². The topological polar surface area (TPSA) is 9.23 Å². The monoisotopic (exact) mass is 312 g/mol. The molecule has 0 aliphatic rings. The van der Waals surface area contributed by atoms with Gasteiger partial charge in [-0.25, -0.2) is 8.78 Å². The lowest BCUT2D eigenvalue weighted by Crippen LogP contribution is -1.97. The molecule has 0 saturated carbocycles. The smallest absolute Gasteiger partial charge is 0.166 e. The second-order valence-corrected chi connectivity index (χ2v) is 4.46. The minimum Gasteiger partial charge on any atom is -0.493 e. The summed E-state index contributed by atoms with van der Waals surface area (Å²) in [5.41, 5.74) is 0.875. The van der Waals surface area contributed by atoms with Crippen LogP contribution in [0.4, 0.5) is 8.78 Å². The molecule has 0 amide bonds. The van der Waals surface area contributed by atoms with Gasteiger partial charge in [-0.15, -0.1) is 0 Å². The number of benzene rings is 2. The fourth-order valence-electron chi connectivity index (χ4n) is 1.61. The Hall–Kier alpha value is -1.42. The highest BCUT2D eigenvalue weighted by molar-refractivity contribution is 9.09. The summed E-state index contributed by atoms with van der Waals surface area (Å²) in [6.07, 6.45) is 0. The highest BCUT2D eigenvalue weighted by Crippen LogP contribution is 2.26. The fourth-order valence-corrected chi connectivity index (χ4v) is 1.78. The van der Waals surface area contributed by atoms with E-state index >= 15 is 0 Å². The van der Waals surface area contributed by atoms with Gasteiger partial charge in [0, 0.05) is 10.9 Å². The SMILES string of the molecule is Fc1cccc(-c2ccc(OCCBr)cc2)c1F. The number of hydrogen-bond donors (Lipinski definition) is 0. The Bertz CT molecular complexity index is 526. The van der Waals surface area contributed by atoms with Crippen molar-refractivity contribution in [3.63, 3.8) is 0 Å². The molecule has 0 bridgehead atoms. The van der Waals surface area contributed by atoms with E-state index in [0.29, 0.717) is 17.9 Å². The molecule has 1 nitrogen and oxygen atoms in total. The Morgan fingerprint density at radius 2 is 1.72 bits per heavy atom. The van der Waals surface area contributed by atoms with Gasteiger partial charge in [-0.05, 0) is 23.8 Å². The first-order chi connectivity index (χ1) is 8.72. The summed E-state index contributed by atoms with van der Waals surface area (Å²) in [7, 11) is 0. The van der Waals surface area contributed by atoms with Crippen LogP contribution in [0.1, 0.15) is 0 Å². The quantitative estimate of drug-likeness (QED) is 0.760. The molecule has 2 rings (SSSR count). The van der Waals surface area contributed by atoms with Crippen molar-refractivity contribution in [3.8, 4) is 16.9 Å². The molecule has 0 saturated heterocycles. The van der Waals surface area contributed by atoms with E-state index in [4.69, 9.17) is 4.74 Å². The van der Waals surface area contributed by atoms with E-state index in [2.05, 4.69) is 15.9 Å². The molecule has 4 heteroatoms. The first kappa shape index (κ1) is 13.0. The van der Waals surface area contributed by atoms with Crippen molar-refractivity contribution in [2.45, 2.75) is 0 Å². The maximum atomic E-state index is 13.6. The second kappa shape index (κ2) is 5.96. The van der Waals surface area contributed by atoms with Gasteiger partial charge in [0.25, 0.3) is 0 Å². The van der Waals surface area contributed by atoms with Crippen molar-refractivity contribution >= 4 is 15.9 Å². The largest absolute Gasteiger partial charge is 0.493 e. The molecule has 2 aromatic rings. The van der Waals surface area contributed by atoms with Crippen LogP contribution in [0.5, 0.6) is 5.75 Å². The molecular weight excluding hydrogens is 302 g/mol. The van der Waals surface area contributed by atoms with Crippen molar-refractivity contribution in [1.29, 1.82) is 0 Å². The van der Waals surface area contributed by atoms with E-state index in [0.717, 1.165) is 11.4 Å². The number of halogens is 3. The maximum Gasteiger partial charge on any atom is 0.166 e. The van der Waals surface area contributed by atoms with Crippen molar-refractivity contribution in [2.75, 3.05) is 11.9 Å². The van der Waals surface area contributed by atoms with Gasteiger partial charge in [0.1, 0.15) is 5.75 Å². The Balaban J connectivity index is 2.26. The molecule has 0 unspecified atom stereocenters. The summed E-state index contributed by atoms with van der Waals surface area (Å²) in [5, 5.41) is 0.743. The molecule has 0 aromatic heterocycles. The van der Waals surface area contributed by atoms with Gasteiger partial charge >= 0.3 is 0 Å². The van der Waals surface area contributed by atoms with Gasteiger partial charge in [-0.3, -0.25) is 0 Å². The Kier molecular flexibility index (Phi) is 4.31. The Labute approximate surface area is 113 Å². The van der Waals surface area contributed by atoms with Gasteiger partial charge in [0.2, 0.25) is 0 Å². The number of alkyl halides is 1. The zero-order chi connectivity index (χ0) is 13.0. The molecule has 0 N–H and O–H groups in total. The van der Waals surface area contributed by atoms with Crippen LogP contribution in [0.3, 0.4) is 0 Å². The number of ether oxygens (including phenoxy) is 1. The molecule has 0 spiro atoms. The lowest BCUT2D eigenvalue weighted by molar-refractivity contribution is 0.345. The minimum atomic E-state index is -0.841. The predicted octanol–water partition coefficient (Wildman–Crippen LogP) is 4.41. The molecule has 0 fully saturated rings. The lowest BCUT2D eigenvalue weighted by atomic mass is 10.0. The zero-order valence-corrected chi connectivity index (χ0v) is 11.1. The highest BCUT2D eigenvalue weighted by Gasteiger charge is 2.09. The van der Waals surface area contributed by atoms with Crippen LogP contribution in [-0.4, -0.2) is 11.9 Å². The van der Waals surface area contributed by atoms with E-state index in [1.165, 1.54) is 6.07 Å². The van der Waals surface area contributed by atoms with Crippen molar-refractivity contribution in [2.24, 2.45) is 0 Å². The Morgan fingerprint density at radius 3 is 2.39 bits per heavy atom. The summed E-state index contributed by atoms with van der Waals surface area (Å²) in [5.74, 6) is -0.964. The third-order valence-corrected chi connectivity index (χ3v) is 2.79. The Morgan fingerprint density at radius 1 is 1.00 bits per heavy atom. The second-order valence-electron chi connectivity index (χ2n) is 3.66. The van der Waals surface area contributed by atoms with Gasteiger partial charge in [-0.1, -0.05) is 40.2 Å². The average Bonchev–Trinajstić information content (AvgIpc) is 2.40. The first-order valence-corrected chi connectivity index (χ1v) is 6.57. The van der Waals surface area contributed by atoms with Crippen LogP contribution in [-0.2, 0) is 0 Å². The molecule has 0 aliphatic carbocycles. The summed E-state index contributed by atoms with van der Waals surface area (Å²) in [6.45, 7) is 0.563. The van der Waals surface area contributed by atoms with Gasteiger partial charge in [-0.2, -0.15) is 0 Å². The molecule has 0 aliphatic heterocycles. The number of hydrogen-bond acceptors (Lipinski definition) is 1. The van der Waals surface area contributed by atoms with E-state index in [1.807, 2.05) is 0 Å². The van der Waals surface area contributed by atoms with Crippen molar-refractivity contribution in [1.82, 2.24) is 0 Å². The summed E-state index contributed by atoms with van der Waals surface area (Å²) >= 11 is 3.26. The maximum absolute atomic E-state index is 13.6. The van der Waals surface area contributed by atoms with E-state index in [9.17, 15) is 8.78 Å². The standard InChI is InChI=1S/C14H11BrF2O/c15-8-9-18-11-6-4-10(5-7-11)12-2-1-3-13(16)14(12)17/h1-7H,8-9H2. The summed E-state index contributed by atoms with van der Waals surface area (Å²) in [6, 6.07) is 11.0. The van der Waals surface area contributed by atoms with Crippen LogP contribution in [0.2, 0.25) is 0 Å². The molecule has 2 aromatic carbocycles. The molecule has 18 heavy (non-hydrogen) atoms. The van der Waals surface area contributed by atoms with Crippen molar-refractivity contribution < 1.29 is 13.5 Å². The molecular formula is C14H11BrF2O. The molecule has 94 valence electrons. The van der Waals surface area contributed by atoms with Crippen molar-refractivity contribution in [3.05, 3.63) is 54.1 Å². The normalized spacial score (nSPS) is 10.4. The van der Waals surface area contributed by atoms with Crippen LogP contribution in [0.15, 0.2) is 42.5 Å². The van der Waals surface area contributed by atoms with E-state index < -0.39 is 11.6 Å². The average molecular weight is 313 g/mol. The van der Waals surface area contributed by atoms with E-state index in [1.54, 1.807) is 30.3 Å². The fraction of sp³-hybridized carbons (Fsp3) is 0.143. The highest BCUT2D eigenvalue weighted by atomic mass is 79.9. The van der Waals surface area contributed by atoms with Crippen LogP contribution in [0, 0.1) is 11.6 Å². The molecule has 0 radical (unpaired) electrons. The third kappa shape index (κ3) is 2.88. The van der Waals surface area contributed by atoms with E-state index in [-0.39, 0.29) is 5.56 Å². The molecule has 0 heterocycles. The van der Waals surface area contributed by atoms with Crippen LogP contribution < -0.4 is 4.74 Å². The van der Waals surface area contributed by atoms with Gasteiger partial charge in [0.15, 0.2) is 11.6 Å². The zero-order valence-electron chi connectivity index (χ0n) is 9.50. The lowest BCUT2D eigenvalue weighted by Gasteiger charge is -2.07.